The number of carbonyl (C=O) groups is 2. The van der Waals surface area contributed by atoms with Crippen LogP contribution in [0.2, 0.25) is 0 Å². The maximum atomic E-state index is 12.4. The van der Waals surface area contributed by atoms with Gasteiger partial charge >= 0.3 is 0 Å². The molecule has 0 aromatic heterocycles. The summed E-state index contributed by atoms with van der Waals surface area (Å²) in [6, 6.07) is 22.4. The molecule has 0 unspecified atom stereocenters. The predicted molar refractivity (Wildman–Crippen MR) is 123 cm³/mol. The van der Waals surface area contributed by atoms with Crippen LogP contribution in [0.25, 0.3) is 0 Å². The number of ether oxygens (including phenoxy) is 1. The van der Waals surface area contributed by atoms with Crippen LogP contribution in [0.4, 0.5) is 17.1 Å². The van der Waals surface area contributed by atoms with Gasteiger partial charge in [0.15, 0.2) is 0 Å². The van der Waals surface area contributed by atoms with Crippen LogP contribution in [0.1, 0.15) is 18.4 Å². The molecule has 3 aromatic carbocycles. The highest BCUT2D eigenvalue weighted by Crippen LogP contribution is 2.31. The molecule has 4 rings (SSSR count). The molecule has 31 heavy (non-hydrogen) atoms. The molecular weight excluding hydrogens is 390 g/mol. The molecule has 0 radical (unpaired) electrons. The molecule has 1 aliphatic carbocycles. The molecule has 0 saturated heterocycles. The third-order valence-corrected chi connectivity index (χ3v) is 5.10. The van der Waals surface area contributed by atoms with Crippen molar-refractivity contribution in [2.45, 2.75) is 19.8 Å². The largest absolute Gasteiger partial charge is 0.457 e. The van der Waals surface area contributed by atoms with Gasteiger partial charge in [0.1, 0.15) is 11.5 Å². The number of carbonyl (C=O) groups excluding carboxylic acids is 2. The van der Waals surface area contributed by atoms with Gasteiger partial charge in [0.2, 0.25) is 11.8 Å². The maximum Gasteiger partial charge on any atom is 0.243 e. The zero-order chi connectivity index (χ0) is 21.6. The van der Waals surface area contributed by atoms with Crippen molar-refractivity contribution in [1.29, 1.82) is 0 Å². The lowest BCUT2D eigenvalue weighted by molar-refractivity contribution is -0.117. The summed E-state index contributed by atoms with van der Waals surface area (Å²) in [5.41, 5.74) is 3.19. The van der Waals surface area contributed by atoms with Gasteiger partial charge < -0.3 is 20.7 Å². The van der Waals surface area contributed by atoms with Gasteiger partial charge in [-0.05, 0) is 73.9 Å². The monoisotopic (exact) mass is 415 g/mol. The minimum atomic E-state index is -0.163. The van der Waals surface area contributed by atoms with Crippen molar-refractivity contribution in [3.05, 3.63) is 78.4 Å². The van der Waals surface area contributed by atoms with Crippen LogP contribution < -0.4 is 20.7 Å². The van der Waals surface area contributed by atoms with E-state index in [0.29, 0.717) is 11.4 Å². The Morgan fingerprint density at radius 3 is 2.23 bits per heavy atom. The third-order valence-electron chi connectivity index (χ3n) is 5.10. The molecule has 1 fully saturated rings. The summed E-state index contributed by atoms with van der Waals surface area (Å²) >= 11 is 0. The lowest BCUT2D eigenvalue weighted by Gasteiger charge is -2.14. The normalized spacial score (nSPS) is 12.7. The van der Waals surface area contributed by atoms with E-state index in [1.54, 1.807) is 12.1 Å². The molecule has 6 nitrogen and oxygen atoms in total. The predicted octanol–water partition coefficient (Wildman–Crippen LogP) is 5.19. The lowest BCUT2D eigenvalue weighted by atomic mass is 10.1. The van der Waals surface area contributed by atoms with Gasteiger partial charge in [0.05, 0.1) is 6.54 Å². The van der Waals surface area contributed by atoms with E-state index in [4.69, 9.17) is 4.74 Å². The molecule has 0 aliphatic heterocycles. The van der Waals surface area contributed by atoms with Crippen molar-refractivity contribution in [1.82, 2.24) is 0 Å². The van der Waals surface area contributed by atoms with Gasteiger partial charge in [-0.2, -0.15) is 0 Å². The molecule has 0 spiro atoms. The molecule has 158 valence electrons. The van der Waals surface area contributed by atoms with E-state index in [2.05, 4.69) is 16.0 Å². The number of para-hydroxylation sites is 1. The number of benzene rings is 3. The van der Waals surface area contributed by atoms with E-state index in [9.17, 15) is 9.59 Å². The summed E-state index contributed by atoms with van der Waals surface area (Å²) in [4.78, 5) is 24.4. The number of hydrogen-bond donors (Lipinski definition) is 3. The summed E-state index contributed by atoms with van der Waals surface area (Å²) in [6.45, 7) is 2.04. The van der Waals surface area contributed by atoms with Gasteiger partial charge in [-0.15, -0.1) is 0 Å². The maximum absolute atomic E-state index is 12.4. The average molecular weight is 415 g/mol. The van der Waals surface area contributed by atoms with E-state index in [-0.39, 0.29) is 24.3 Å². The zero-order valence-electron chi connectivity index (χ0n) is 17.4. The first-order valence-corrected chi connectivity index (χ1v) is 10.4. The van der Waals surface area contributed by atoms with E-state index in [0.717, 1.165) is 35.5 Å². The fourth-order valence-corrected chi connectivity index (χ4v) is 3.15. The number of rotatable bonds is 8. The Balaban J connectivity index is 1.29. The van der Waals surface area contributed by atoms with E-state index in [1.807, 2.05) is 67.6 Å². The van der Waals surface area contributed by atoms with Crippen LogP contribution in [-0.4, -0.2) is 18.4 Å². The fourth-order valence-electron chi connectivity index (χ4n) is 3.15. The van der Waals surface area contributed by atoms with Crippen molar-refractivity contribution in [3.8, 4) is 11.5 Å². The Kier molecular flexibility index (Phi) is 6.17. The fraction of sp³-hybridized carbons (Fsp3) is 0.200. The van der Waals surface area contributed by atoms with Gasteiger partial charge in [0, 0.05) is 23.0 Å². The first-order chi connectivity index (χ1) is 15.1. The highest BCUT2D eigenvalue weighted by molar-refractivity contribution is 5.96. The van der Waals surface area contributed by atoms with Crippen molar-refractivity contribution in [3.63, 3.8) is 0 Å². The molecule has 1 saturated carbocycles. The van der Waals surface area contributed by atoms with Crippen molar-refractivity contribution in [2.75, 3.05) is 22.5 Å². The second-order valence-electron chi connectivity index (χ2n) is 7.58. The molecular formula is C25H25N3O3. The van der Waals surface area contributed by atoms with E-state index < -0.39 is 0 Å². The van der Waals surface area contributed by atoms with Crippen LogP contribution in [0.15, 0.2) is 72.8 Å². The van der Waals surface area contributed by atoms with Crippen molar-refractivity contribution in [2.24, 2.45) is 5.92 Å². The van der Waals surface area contributed by atoms with E-state index >= 15 is 0 Å². The Bertz CT molecular complexity index is 1060. The molecule has 3 N–H and O–H groups in total. The summed E-state index contributed by atoms with van der Waals surface area (Å²) in [7, 11) is 0. The average Bonchev–Trinajstić information content (AvgIpc) is 3.62. The second-order valence-corrected chi connectivity index (χ2v) is 7.58. The quantitative estimate of drug-likeness (QED) is 0.473. The molecule has 0 atom stereocenters. The van der Waals surface area contributed by atoms with Crippen molar-refractivity contribution >= 4 is 28.9 Å². The standard InChI is InChI=1S/C25H25N3O3/c1-17-22(8-5-9-23(17)28-25(30)18-10-11-18)26-16-24(29)27-19-12-14-21(15-13-19)31-20-6-3-2-4-7-20/h2-9,12-15,18,26H,10-11,16H2,1H3,(H,27,29)(H,28,30). The van der Waals surface area contributed by atoms with Gasteiger partial charge in [0.25, 0.3) is 0 Å². The van der Waals surface area contributed by atoms with E-state index in [1.165, 1.54) is 0 Å². The van der Waals surface area contributed by atoms with Gasteiger partial charge in [-0.1, -0.05) is 24.3 Å². The summed E-state index contributed by atoms with van der Waals surface area (Å²) < 4.78 is 5.76. The second kappa shape index (κ2) is 9.34. The van der Waals surface area contributed by atoms with Crippen LogP contribution in [0, 0.1) is 12.8 Å². The summed E-state index contributed by atoms with van der Waals surface area (Å²) in [5.74, 6) is 1.50. The minimum Gasteiger partial charge on any atom is -0.457 e. The minimum absolute atomic E-state index is 0.0673. The molecule has 0 heterocycles. The highest BCUT2D eigenvalue weighted by Gasteiger charge is 2.29. The van der Waals surface area contributed by atoms with Gasteiger partial charge in [-0.3, -0.25) is 9.59 Å². The number of nitrogens with one attached hydrogen (secondary N) is 3. The topological polar surface area (TPSA) is 79.5 Å². The lowest BCUT2D eigenvalue weighted by Crippen LogP contribution is -2.22. The molecule has 0 bridgehead atoms. The number of amides is 2. The Morgan fingerprint density at radius 1 is 0.839 bits per heavy atom. The number of hydrogen-bond acceptors (Lipinski definition) is 4. The van der Waals surface area contributed by atoms with Gasteiger partial charge in [-0.25, -0.2) is 0 Å². The number of anilines is 3. The summed E-state index contributed by atoms with van der Waals surface area (Å²) in [5, 5.41) is 8.98. The molecule has 6 heteroatoms. The smallest absolute Gasteiger partial charge is 0.243 e. The Hall–Kier alpha value is -3.80. The van der Waals surface area contributed by atoms with Crippen LogP contribution in [0.3, 0.4) is 0 Å². The first-order valence-electron chi connectivity index (χ1n) is 10.4. The Morgan fingerprint density at radius 2 is 1.52 bits per heavy atom. The molecule has 1 aliphatic rings. The zero-order valence-corrected chi connectivity index (χ0v) is 17.4. The Labute approximate surface area is 181 Å². The first kappa shape index (κ1) is 20.5. The highest BCUT2D eigenvalue weighted by atomic mass is 16.5. The third kappa shape index (κ3) is 5.63. The van der Waals surface area contributed by atoms with Crippen LogP contribution in [0.5, 0.6) is 11.5 Å². The van der Waals surface area contributed by atoms with Crippen LogP contribution >= 0.6 is 0 Å². The van der Waals surface area contributed by atoms with Crippen LogP contribution in [-0.2, 0) is 9.59 Å². The SMILES string of the molecule is Cc1c(NCC(=O)Nc2ccc(Oc3ccccc3)cc2)cccc1NC(=O)C1CC1. The van der Waals surface area contributed by atoms with Crippen molar-refractivity contribution < 1.29 is 14.3 Å². The molecule has 2 amide bonds. The summed E-state index contributed by atoms with van der Waals surface area (Å²) in [6.07, 6.45) is 1.92. The molecule has 3 aromatic rings.